The molecule has 0 aliphatic heterocycles. The van der Waals surface area contributed by atoms with Crippen molar-refractivity contribution in [3.8, 4) is 0 Å². The Bertz CT molecular complexity index is 97.9. The van der Waals surface area contributed by atoms with Crippen LogP contribution in [0.25, 0.3) is 0 Å². The summed E-state index contributed by atoms with van der Waals surface area (Å²) >= 11 is 0. The lowest BCUT2D eigenvalue weighted by molar-refractivity contribution is 0.399. The third-order valence-electron chi connectivity index (χ3n) is 0.496. The van der Waals surface area contributed by atoms with Crippen LogP contribution in [0.1, 0.15) is 0 Å². The largest absolute Gasteiger partial charge is 0.480 e. The minimum Gasteiger partial charge on any atom is -0.480 e. The summed E-state index contributed by atoms with van der Waals surface area (Å²) < 4.78 is 4.37. The van der Waals surface area contributed by atoms with Gasteiger partial charge >= 0.3 is 0 Å². The van der Waals surface area contributed by atoms with Gasteiger partial charge in [0, 0.05) is 0 Å². The molecule has 0 rings (SSSR count). The van der Waals surface area contributed by atoms with Gasteiger partial charge in [-0.1, -0.05) is 6.58 Å². The second-order valence-electron chi connectivity index (χ2n) is 1.06. The van der Waals surface area contributed by atoms with Crippen molar-refractivity contribution in [2.24, 2.45) is 5.73 Å². The van der Waals surface area contributed by atoms with E-state index in [1.54, 1.807) is 0 Å². The maximum Gasteiger partial charge on any atom is 0.228 e. The van der Waals surface area contributed by atoms with E-state index in [-0.39, 0.29) is 11.6 Å². The average molecular weight is 100 g/mol. The van der Waals surface area contributed by atoms with Gasteiger partial charge in [-0.3, -0.25) is 5.41 Å². The zero-order valence-corrected chi connectivity index (χ0v) is 4.19. The molecule has 0 unspecified atom stereocenters. The Kier molecular flexibility index (Phi) is 1.91. The molecule has 7 heavy (non-hydrogen) atoms. The number of nitrogens with two attached hydrogens (primary N) is 1. The predicted molar refractivity (Wildman–Crippen MR) is 28.1 cm³/mol. The second kappa shape index (κ2) is 2.23. The minimum absolute atomic E-state index is 0.0694. The average Bonchev–Trinajstić information content (AvgIpc) is 1.65. The van der Waals surface area contributed by atoms with Crippen molar-refractivity contribution in [1.29, 1.82) is 5.41 Å². The summed E-state index contributed by atoms with van der Waals surface area (Å²) in [5, 5.41) is 6.75. The van der Waals surface area contributed by atoms with Crippen LogP contribution in [0.5, 0.6) is 0 Å². The van der Waals surface area contributed by atoms with Gasteiger partial charge in [-0.15, -0.1) is 0 Å². The van der Waals surface area contributed by atoms with Crippen LogP contribution < -0.4 is 5.73 Å². The monoisotopic (exact) mass is 100 g/mol. The number of rotatable bonds is 1. The first-order valence-electron chi connectivity index (χ1n) is 1.75. The molecule has 0 saturated carbocycles. The van der Waals surface area contributed by atoms with Gasteiger partial charge in [0.05, 0.1) is 12.8 Å². The highest BCUT2D eigenvalue weighted by Gasteiger charge is 1.90. The molecule has 0 amide bonds. The van der Waals surface area contributed by atoms with Gasteiger partial charge < -0.3 is 10.5 Å². The first-order valence-corrected chi connectivity index (χ1v) is 1.75. The Morgan fingerprint density at radius 2 is 2.29 bits per heavy atom. The van der Waals surface area contributed by atoms with Crippen LogP contribution >= 0.6 is 0 Å². The fourth-order valence-corrected chi connectivity index (χ4v) is 0.131. The van der Waals surface area contributed by atoms with Crippen molar-refractivity contribution in [2.45, 2.75) is 0 Å². The molecule has 0 aromatic carbocycles. The van der Waals surface area contributed by atoms with Crippen LogP contribution in [0.3, 0.4) is 0 Å². The molecule has 0 radical (unpaired) electrons. The maximum absolute atomic E-state index is 6.75. The molecule has 0 aliphatic rings. The summed E-state index contributed by atoms with van der Waals surface area (Å²) in [6, 6.07) is 0. The van der Waals surface area contributed by atoms with Gasteiger partial charge in [-0.25, -0.2) is 0 Å². The Morgan fingerprint density at radius 3 is 2.29 bits per heavy atom. The van der Waals surface area contributed by atoms with E-state index < -0.39 is 0 Å². The standard InChI is InChI=1S/C4H8N2O/c1-3(5)4(6)7-2/h6H,1,5H2,2H3. The Labute approximate surface area is 42.3 Å². The molecule has 0 heterocycles. The van der Waals surface area contributed by atoms with Crippen molar-refractivity contribution >= 4 is 5.90 Å². The summed E-state index contributed by atoms with van der Waals surface area (Å²) in [4.78, 5) is 0. The molecule has 0 bridgehead atoms. The molecule has 3 heteroatoms. The zero-order chi connectivity index (χ0) is 5.86. The molecule has 40 valence electrons. The molecule has 0 fully saturated rings. The molecular weight excluding hydrogens is 92.1 g/mol. The minimum atomic E-state index is -0.0694. The molecule has 0 atom stereocenters. The lowest BCUT2D eigenvalue weighted by Crippen LogP contribution is -2.09. The van der Waals surface area contributed by atoms with E-state index >= 15 is 0 Å². The fourth-order valence-electron chi connectivity index (χ4n) is 0.131. The Hall–Kier alpha value is -0.990. The highest BCUT2D eigenvalue weighted by atomic mass is 16.5. The molecule has 3 nitrogen and oxygen atoms in total. The van der Waals surface area contributed by atoms with Crippen LogP contribution in [-0.4, -0.2) is 13.0 Å². The topological polar surface area (TPSA) is 59.1 Å². The van der Waals surface area contributed by atoms with Crippen molar-refractivity contribution in [3.63, 3.8) is 0 Å². The molecule has 0 aromatic heterocycles. The van der Waals surface area contributed by atoms with E-state index in [1.807, 2.05) is 0 Å². The normalized spacial score (nSPS) is 7.57. The third-order valence-corrected chi connectivity index (χ3v) is 0.496. The van der Waals surface area contributed by atoms with E-state index in [0.29, 0.717) is 0 Å². The lowest BCUT2D eigenvalue weighted by atomic mass is 10.5. The smallest absolute Gasteiger partial charge is 0.228 e. The molecule has 3 N–H and O–H groups in total. The van der Waals surface area contributed by atoms with Gasteiger partial charge in [0.25, 0.3) is 0 Å². The van der Waals surface area contributed by atoms with Gasteiger partial charge in [0.15, 0.2) is 0 Å². The SMILES string of the molecule is C=C(N)C(=N)OC. The zero-order valence-electron chi connectivity index (χ0n) is 4.19. The quantitative estimate of drug-likeness (QED) is 0.362. The Balaban J connectivity index is 3.58. The maximum atomic E-state index is 6.75. The van der Waals surface area contributed by atoms with Gasteiger partial charge in [0.1, 0.15) is 0 Å². The summed E-state index contributed by atoms with van der Waals surface area (Å²) in [7, 11) is 1.38. The summed E-state index contributed by atoms with van der Waals surface area (Å²) in [5.41, 5.74) is 5.16. The van der Waals surface area contributed by atoms with E-state index in [1.165, 1.54) is 7.11 Å². The van der Waals surface area contributed by atoms with E-state index in [2.05, 4.69) is 11.3 Å². The summed E-state index contributed by atoms with van der Waals surface area (Å²) in [5.74, 6) is -0.0694. The summed E-state index contributed by atoms with van der Waals surface area (Å²) in [6.45, 7) is 3.25. The first kappa shape index (κ1) is 6.01. The molecule has 0 spiro atoms. The van der Waals surface area contributed by atoms with Gasteiger partial charge in [0.2, 0.25) is 5.90 Å². The third kappa shape index (κ3) is 1.81. The summed E-state index contributed by atoms with van der Waals surface area (Å²) in [6.07, 6.45) is 0. The predicted octanol–water partition coefficient (Wildman–Crippen LogP) is 0.0825. The number of ether oxygens (including phenoxy) is 1. The Morgan fingerprint density at radius 1 is 1.86 bits per heavy atom. The lowest BCUT2D eigenvalue weighted by Gasteiger charge is -1.96. The highest BCUT2D eigenvalue weighted by molar-refractivity contribution is 5.88. The number of nitrogens with one attached hydrogen (secondary N) is 1. The number of hydrogen-bond donors (Lipinski definition) is 2. The van der Waals surface area contributed by atoms with Crippen LogP contribution in [0.15, 0.2) is 12.3 Å². The number of hydrogen-bond acceptors (Lipinski definition) is 3. The van der Waals surface area contributed by atoms with Gasteiger partial charge in [-0.2, -0.15) is 0 Å². The highest BCUT2D eigenvalue weighted by Crippen LogP contribution is 1.79. The first-order chi connectivity index (χ1) is 3.18. The molecule has 0 aromatic rings. The second-order valence-corrected chi connectivity index (χ2v) is 1.06. The van der Waals surface area contributed by atoms with Crippen molar-refractivity contribution in [1.82, 2.24) is 0 Å². The van der Waals surface area contributed by atoms with Crippen molar-refractivity contribution in [2.75, 3.05) is 7.11 Å². The van der Waals surface area contributed by atoms with Crippen molar-refractivity contribution in [3.05, 3.63) is 12.3 Å². The molecule has 0 saturated heterocycles. The van der Waals surface area contributed by atoms with Crippen LogP contribution in [0.2, 0.25) is 0 Å². The number of methoxy groups -OCH3 is 1. The van der Waals surface area contributed by atoms with Crippen LogP contribution in [-0.2, 0) is 4.74 Å². The van der Waals surface area contributed by atoms with E-state index in [4.69, 9.17) is 11.1 Å². The van der Waals surface area contributed by atoms with Gasteiger partial charge in [-0.05, 0) is 0 Å². The van der Waals surface area contributed by atoms with Crippen LogP contribution in [0.4, 0.5) is 0 Å². The van der Waals surface area contributed by atoms with Crippen molar-refractivity contribution < 1.29 is 4.74 Å². The molecular formula is C4H8N2O. The fraction of sp³-hybridized carbons (Fsp3) is 0.250. The molecule has 0 aliphatic carbocycles. The van der Waals surface area contributed by atoms with E-state index in [0.717, 1.165) is 0 Å². The van der Waals surface area contributed by atoms with Crippen LogP contribution in [0, 0.1) is 5.41 Å². The van der Waals surface area contributed by atoms with E-state index in [9.17, 15) is 0 Å².